The molecule has 0 N–H and O–H groups in total. The molecule has 25 aromatic rings. The van der Waals surface area contributed by atoms with E-state index in [1.54, 1.807) is 0 Å². The first-order valence-corrected chi connectivity index (χ1v) is 39.6. The maximum atomic E-state index is 2.50. The molecule has 0 saturated carbocycles. The molecule has 0 spiro atoms. The van der Waals surface area contributed by atoms with Crippen molar-refractivity contribution in [2.24, 2.45) is 0 Å². The van der Waals surface area contributed by atoms with Gasteiger partial charge in [0.1, 0.15) is 0 Å². The van der Waals surface area contributed by atoms with Crippen LogP contribution >= 0.6 is 0 Å². The molecule has 0 aliphatic carbocycles. The molecule has 7 heterocycles. The van der Waals surface area contributed by atoms with Crippen LogP contribution < -0.4 is 0 Å². The van der Waals surface area contributed by atoms with Gasteiger partial charge in [-0.2, -0.15) is 0 Å². The zero-order chi connectivity index (χ0) is 75.1. The Balaban J connectivity index is 0.588. The number of aromatic nitrogens is 7. The molecule has 0 aliphatic heterocycles. The molecule has 0 saturated heterocycles. The molecular weight excluding hydrogens is 1400 g/mol. The maximum absolute atomic E-state index is 2.50. The van der Waals surface area contributed by atoms with E-state index < -0.39 is 0 Å². The van der Waals surface area contributed by atoms with Crippen LogP contribution in [0.4, 0.5) is 0 Å². The Bertz CT molecular complexity index is 8310. The second-order valence-corrected chi connectivity index (χ2v) is 30.7. The van der Waals surface area contributed by atoms with Gasteiger partial charge in [-0.3, -0.25) is 0 Å². The van der Waals surface area contributed by atoms with Crippen LogP contribution in [0.5, 0.6) is 0 Å². The lowest BCUT2D eigenvalue weighted by Gasteiger charge is -2.20. The second kappa shape index (κ2) is 24.5. The molecule has 0 amide bonds. The highest BCUT2D eigenvalue weighted by molar-refractivity contribution is 6.19. The Kier molecular flexibility index (Phi) is 13.5. The van der Waals surface area contributed by atoms with Gasteiger partial charge in [-0.05, 0) is 186 Å². The molecule has 534 valence electrons. The molecule has 0 unspecified atom stereocenters. The first-order valence-electron chi connectivity index (χ1n) is 39.6. The van der Waals surface area contributed by atoms with Gasteiger partial charge in [0, 0.05) is 115 Å². The lowest BCUT2D eigenvalue weighted by molar-refractivity contribution is 1.13. The van der Waals surface area contributed by atoms with E-state index in [0.29, 0.717) is 0 Å². The summed E-state index contributed by atoms with van der Waals surface area (Å²) in [4.78, 5) is 0. The SMILES string of the molecule is c1ccc(-n2c3ccccc3c3cc(-c4ccc5c(c4)c4ccccc4n5-c4ccc5c(c4)c4ccccc4n5-c4ccc(-c5cccc6c5c5ccccc5n6-c5ccc6c(c5)c5ccccc5n6-c5ccc(-c6ccccc6-n6c7ccccc7c7ccccc76)c(-n6c7ccccc7c7ccccc76)c5)cc4)ccc32)cc1. The van der Waals surface area contributed by atoms with Crippen LogP contribution in [0.2, 0.25) is 0 Å². The number of nitrogens with zero attached hydrogens (tertiary/aromatic N) is 7. The van der Waals surface area contributed by atoms with E-state index in [1.165, 1.54) is 131 Å². The quantitative estimate of drug-likeness (QED) is 0.131. The van der Waals surface area contributed by atoms with Gasteiger partial charge in [0.25, 0.3) is 0 Å². The molecule has 7 nitrogen and oxygen atoms in total. The number of hydrogen-bond acceptors (Lipinski definition) is 0. The Morgan fingerprint density at radius 2 is 0.391 bits per heavy atom. The van der Waals surface area contributed by atoms with E-state index >= 15 is 0 Å². The Morgan fingerprint density at radius 1 is 0.122 bits per heavy atom. The minimum absolute atomic E-state index is 1.08. The standard InChI is InChI=1S/C108H67N7/c1-2-25-71(26-3-1)109-92-38-14-9-32-82(92)88-63-69(51-59-102(88)109)70-52-60-103-89(64-70)83-33-10-16-40-94(83)111(103)73-56-61-104-90(65-73)84-34-11-15-39-93(84)110(104)72-53-49-68(50-54-72)76-37-24-48-106-108(76)87-36-13-23-47-101(87)113(106)74-57-62-105-91(66-74)85-35-12-17-41-95(85)112(105)75-55-58-86(107(67-75)115-99-45-21-6-29-79(99)80-30-7-22-46-100(80)115)81-31-8-20-44-98(81)114-96-42-18-4-27-77(96)78-28-5-19-43-97(78)114/h1-67H. The summed E-state index contributed by atoms with van der Waals surface area (Å²) in [6.07, 6.45) is 0. The van der Waals surface area contributed by atoms with E-state index in [9.17, 15) is 0 Å². The van der Waals surface area contributed by atoms with Crippen molar-refractivity contribution in [1.82, 2.24) is 32.0 Å². The van der Waals surface area contributed by atoms with Crippen molar-refractivity contribution in [1.29, 1.82) is 0 Å². The molecule has 0 fully saturated rings. The van der Waals surface area contributed by atoms with Crippen LogP contribution in [0, 0.1) is 0 Å². The number of para-hydroxylation sites is 11. The molecule has 25 rings (SSSR count). The van der Waals surface area contributed by atoms with Gasteiger partial charge in [-0.25, -0.2) is 0 Å². The molecule has 115 heavy (non-hydrogen) atoms. The van der Waals surface area contributed by atoms with Gasteiger partial charge in [0.15, 0.2) is 0 Å². The van der Waals surface area contributed by atoms with Crippen molar-refractivity contribution in [3.63, 3.8) is 0 Å². The van der Waals surface area contributed by atoms with Gasteiger partial charge < -0.3 is 32.0 Å². The van der Waals surface area contributed by atoms with Gasteiger partial charge >= 0.3 is 0 Å². The fraction of sp³-hybridized carbons (Fsp3) is 0. The maximum Gasteiger partial charge on any atom is 0.0562 e. The molecule has 18 aromatic carbocycles. The Hall–Kier alpha value is -15.4. The largest absolute Gasteiger partial charge is 0.309 e. The minimum Gasteiger partial charge on any atom is -0.309 e. The molecule has 0 atom stereocenters. The van der Waals surface area contributed by atoms with Crippen molar-refractivity contribution in [3.8, 4) is 73.2 Å². The van der Waals surface area contributed by atoms with E-state index in [0.717, 1.165) is 95.1 Å². The summed E-state index contributed by atoms with van der Waals surface area (Å²) in [7, 11) is 0. The van der Waals surface area contributed by atoms with Gasteiger partial charge in [-0.1, -0.05) is 243 Å². The van der Waals surface area contributed by atoms with Crippen molar-refractivity contribution in [3.05, 3.63) is 406 Å². The normalized spacial score (nSPS) is 12.2. The molecular formula is C108H67N7. The van der Waals surface area contributed by atoms with Crippen LogP contribution in [-0.2, 0) is 0 Å². The van der Waals surface area contributed by atoms with Gasteiger partial charge in [0.05, 0.1) is 88.6 Å². The van der Waals surface area contributed by atoms with Crippen LogP contribution in [0.3, 0.4) is 0 Å². The zero-order valence-electron chi connectivity index (χ0n) is 62.3. The smallest absolute Gasteiger partial charge is 0.0562 e. The summed E-state index contributed by atoms with van der Waals surface area (Å²) in [5.41, 5.74) is 31.2. The predicted octanol–water partition coefficient (Wildman–Crippen LogP) is 28.4. The zero-order valence-corrected chi connectivity index (χ0v) is 62.3. The Labute approximate surface area is 659 Å². The lowest BCUT2D eigenvalue weighted by atomic mass is 9.99. The number of fused-ring (bicyclic) bond motifs is 21. The number of hydrogen-bond donors (Lipinski definition) is 0. The highest BCUT2D eigenvalue weighted by atomic mass is 15.0. The first kappa shape index (κ1) is 63.3. The third-order valence-electron chi connectivity index (χ3n) is 24.7. The van der Waals surface area contributed by atoms with E-state index in [1.807, 2.05) is 0 Å². The third kappa shape index (κ3) is 9.23. The highest BCUT2D eigenvalue weighted by Gasteiger charge is 2.26. The van der Waals surface area contributed by atoms with E-state index in [2.05, 4.69) is 438 Å². The first-order chi connectivity index (χ1) is 57.1. The monoisotopic (exact) mass is 1460 g/mol. The average molecular weight is 1460 g/mol. The fourth-order valence-electron chi connectivity index (χ4n) is 19.9. The summed E-state index contributed by atoms with van der Waals surface area (Å²) >= 11 is 0. The molecule has 0 bridgehead atoms. The van der Waals surface area contributed by atoms with Crippen LogP contribution in [-0.4, -0.2) is 32.0 Å². The van der Waals surface area contributed by atoms with Crippen molar-refractivity contribution in [2.45, 2.75) is 0 Å². The topological polar surface area (TPSA) is 34.5 Å². The number of rotatable bonds is 10. The summed E-state index contributed by atoms with van der Waals surface area (Å²) in [5.74, 6) is 0. The van der Waals surface area contributed by atoms with Crippen LogP contribution in [0.1, 0.15) is 0 Å². The molecule has 7 aromatic heterocycles. The van der Waals surface area contributed by atoms with Crippen LogP contribution in [0.25, 0.3) is 226 Å². The van der Waals surface area contributed by atoms with Crippen molar-refractivity contribution >= 4 is 153 Å². The molecule has 0 radical (unpaired) electrons. The van der Waals surface area contributed by atoms with E-state index in [-0.39, 0.29) is 0 Å². The fourth-order valence-corrected chi connectivity index (χ4v) is 19.9. The van der Waals surface area contributed by atoms with Crippen LogP contribution in [0.15, 0.2) is 406 Å². The van der Waals surface area contributed by atoms with Crippen molar-refractivity contribution in [2.75, 3.05) is 0 Å². The van der Waals surface area contributed by atoms with E-state index in [4.69, 9.17) is 0 Å². The number of benzene rings is 18. The third-order valence-corrected chi connectivity index (χ3v) is 24.7. The summed E-state index contributed by atoms with van der Waals surface area (Å²) in [6.45, 7) is 0. The highest BCUT2D eigenvalue weighted by Crippen LogP contribution is 2.47. The van der Waals surface area contributed by atoms with Crippen molar-refractivity contribution < 1.29 is 0 Å². The second-order valence-electron chi connectivity index (χ2n) is 30.7. The molecule has 7 heteroatoms. The van der Waals surface area contributed by atoms with Gasteiger partial charge in [0.2, 0.25) is 0 Å². The summed E-state index contributed by atoms with van der Waals surface area (Å²) < 4.78 is 17.2. The lowest BCUT2D eigenvalue weighted by Crippen LogP contribution is -2.03. The molecule has 0 aliphatic rings. The minimum atomic E-state index is 1.08. The predicted molar refractivity (Wildman–Crippen MR) is 483 cm³/mol. The van der Waals surface area contributed by atoms with Gasteiger partial charge in [-0.15, -0.1) is 0 Å². The summed E-state index contributed by atoms with van der Waals surface area (Å²) in [5, 5.41) is 17.1. The Morgan fingerprint density at radius 3 is 0.852 bits per heavy atom. The summed E-state index contributed by atoms with van der Waals surface area (Å²) in [6, 6.07) is 151. The average Bonchev–Trinajstić information content (AvgIpc) is 1.58.